The van der Waals surface area contributed by atoms with E-state index in [9.17, 15) is 9.59 Å². The van der Waals surface area contributed by atoms with Crippen molar-refractivity contribution in [3.63, 3.8) is 0 Å². The number of hydrogen-bond acceptors (Lipinski definition) is 4. The fraction of sp³-hybridized carbons (Fsp3) is 0.212. The molecule has 4 aromatic rings. The van der Waals surface area contributed by atoms with E-state index in [1.54, 1.807) is 0 Å². The molecule has 0 aliphatic carbocycles. The molecule has 0 saturated heterocycles. The van der Waals surface area contributed by atoms with Crippen LogP contribution in [-0.2, 0) is 22.6 Å². The van der Waals surface area contributed by atoms with Crippen molar-refractivity contribution in [3.8, 4) is 22.3 Å². The standard InChI is InChI=1S/C33H32N2O3/c1-22(2)31(33(37)38-3)35-20-28-14-13-27(19-29(28)21-35)25-15-17-30(18-16-25)34-32(36)26-11-9-24(10-12-26)23-7-5-4-6-8-23/h4-19,22,31H,20-21H2,1-3H3,(H,34,36). The minimum absolute atomic E-state index is 0.139. The van der Waals surface area contributed by atoms with Gasteiger partial charge in [-0.25, -0.2) is 0 Å². The normalized spacial score (nSPS) is 13.7. The van der Waals surface area contributed by atoms with E-state index < -0.39 is 0 Å². The second-order valence-electron chi connectivity index (χ2n) is 10.1. The quantitative estimate of drug-likeness (QED) is 0.282. The molecule has 38 heavy (non-hydrogen) atoms. The predicted molar refractivity (Wildman–Crippen MR) is 152 cm³/mol. The van der Waals surface area contributed by atoms with Gasteiger partial charge in [-0.05, 0) is 69.6 Å². The molecule has 1 atom stereocenters. The summed E-state index contributed by atoms with van der Waals surface area (Å²) in [5.74, 6) is -0.154. The molecule has 1 N–H and O–H groups in total. The van der Waals surface area contributed by atoms with E-state index in [0.29, 0.717) is 5.56 Å². The molecule has 1 aliphatic rings. The number of esters is 1. The zero-order valence-corrected chi connectivity index (χ0v) is 22.0. The molecule has 5 heteroatoms. The molecule has 0 fully saturated rings. The fourth-order valence-corrected chi connectivity index (χ4v) is 5.15. The van der Waals surface area contributed by atoms with Crippen molar-refractivity contribution in [2.45, 2.75) is 33.0 Å². The Morgan fingerprint density at radius 3 is 1.97 bits per heavy atom. The van der Waals surface area contributed by atoms with Gasteiger partial charge in [-0.3, -0.25) is 14.5 Å². The smallest absolute Gasteiger partial charge is 0.323 e. The van der Waals surface area contributed by atoms with Crippen molar-refractivity contribution in [1.82, 2.24) is 4.90 Å². The Morgan fingerprint density at radius 2 is 1.32 bits per heavy atom. The highest BCUT2D eigenvalue weighted by Crippen LogP contribution is 2.32. The van der Waals surface area contributed by atoms with E-state index >= 15 is 0 Å². The van der Waals surface area contributed by atoms with Crippen LogP contribution in [0.3, 0.4) is 0 Å². The van der Waals surface area contributed by atoms with Crippen LogP contribution in [0.1, 0.15) is 35.3 Å². The Kier molecular flexibility index (Phi) is 7.38. The third-order valence-electron chi connectivity index (χ3n) is 7.15. The van der Waals surface area contributed by atoms with Gasteiger partial charge in [-0.1, -0.05) is 80.6 Å². The SMILES string of the molecule is COC(=O)C(C(C)C)N1Cc2ccc(-c3ccc(NC(=O)c4ccc(-c5ccccc5)cc4)cc3)cc2C1. The molecule has 4 aromatic carbocycles. The summed E-state index contributed by atoms with van der Waals surface area (Å²) in [5, 5.41) is 2.99. The second kappa shape index (κ2) is 11.0. The number of carbonyl (C=O) groups is 2. The lowest BCUT2D eigenvalue weighted by Crippen LogP contribution is -2.42. The zero-order valence-electron chi connectivity index (χ0n) is 22.0. The van der Waals surface area contributed by atoms with Crippen LogP contribution < -0.4 is 5.32 Å². The number of carbonyl (C=O) groups excluding carboxylic acids is 2. The topological polar surface area (TPSA) is 58.6 Å². The van der Waals surface area contributed by atoms with Gasteiger partial charge in [0.05, 0.1) is 7.11 Å². The van der Waals surface area contributed by atoms with Crippen molar-refractivity contribution < 1.29 is 14.3 Å². The number of anilines is 1. The first-order chi connectivity index (χ1) is 18.4. The molecule has 1 amide bonds. The van der Waals surface area contributed by atoms with Gasteiger partial charge in [0.1, 0.15) is 6.04 Å². The van der Waals surface area contributed by atoms with Gasteiger partial charge >= 0.3 is 5.97 Å². The fourth-order valence-electron chi connectivity index (χ4n) is 5.15. The van der Waals surface area contributed by atoms with Crippen LogP contribution in [0.25, 0.3) is 22.3 Å². The number of nitrogens with one attached hydrogen (secondary N) is 1. The summed E-state index contributed by atoms with van der Waals surface area (Å²) in [4.78, 5) is 27.3. The van der Waals surface area contributed by atoms with Gasteiger partial charge in [0.15, 0.2) is 0 Å². The minimum atomic E-state index is -0.256. The first-order valence-corrected chi connectivity index (χ1v) is 12.9. The summed E-state index contributed by atoms with van der Waals surface area (Å²) in [6, 6.07) is 31.9. The summed E-state index contributed by atoms with van der Waals surface area (Å²) >= 11 is 0. The molecule has 0 saturated carbocycles. The van der Waals surface area contributed by atoms with Crippen molar-refractivity contribution in [1.29, 1.82) is 0 Å². The average molecular weight is 505 g/mol. The highest BCUT2D eigenvalue weighted by Gasteiger charge is 2.33. The number of rotatable bonds is 7. The number of ether oxygens (including phenoxy) is 1. The summed E-state index contributed by atoms with van der Waals surface area (Å²) in [7, 11) is 1.45. The molecular weight excluding hydrogens is 472 g/mol. The van der Waals surface area contributed by atoms with E-state index in [2.05, 4.69) is 54.4 Å². The number of amides is 1. The van der Waals surface area contributed by atoms with E-state index in [0.717, 1.165) is 41.0 Å². The third kappa shape index (κ3) is 5.38. The van der Waals surface area contributed by atoms with Gasteiger partial charge in [0.2, 0.25) is 0 Å². The van der Waals surface area contributed by atoms with Gasteiger partial charge in [0, 0.05) is 24.3 Å². The molecule has 0 spiro atoms. The Balaban J connectivity index is 1.25. The van der Waals surface area contributed by atoms with Gasteiger partial charge in [-0.2, -0.15) is 0 Å². The monoisotopic (exact) mass is 504 g/mol. The summed E-state index contributed by atoms with van der Waals surface area (Å²) in [6.07, 6.45) is 0. The first kappa shape index (κ1) is 25.4. The molecule has 0 bridgehead atoms. The zero-order chi connectivity index (χ0) is 26.6. The van der Waals surface area contributed by atoms with Gasteiger partial charge < -0.3 is 10.1 Å². The maximum absolute atomic E-state index is 12.8. The molecule has 1 unspecified atom stereocenters. The summed E-state index contributed by atoms with van der Waals surface area (Å²) < 4.78 is 5.06. The molecule has 1 aliphatic heterocycles. The van der Waals surface area contributed by atoms with Gasteiger partial charge in [0.25, 0.3) is 5.91 Å². The van der Waals surface area contributed by atoms with E-state index in [1.165, 1.54) is 18.2 Å². The Labute approximate surface area is 224 Å². The second-order valence-corrected chi connectivity index (χ2v) is 10.1. The van der Waals surface area contributed by atoms with Crippen LogP contribution in [0.15, 0.2) is 97.1 Å². The Hall–Kier alpha value is -4.22. The number of benzene rings is 4. The van der Waals surface area contributed by atoms with Gasteiger partial charge in [-0.15, -0.1) is 0 Å². The minimum Gasteiger partial charge on any atom is -0.468 e. The largest absolute Gasteiger partial charge is 0.468 e. The maximum atomic E-state index is 12.8. The molecule has 192 valence electrons. The van der Waals surface area contributed by atoms with Crippen LogP contribution in [0.5, 0.6) is 0 Å². The van der Waals surface area contributed by atoms with Crippen molar-refractivity contribution in [2.24, 2.45) is 5.92 Å². The van der Waals surface area contributed by atoms with Crippen LogP contribution in [0.4, 0.5) is 5.69 Å². The predicted octanol–water partition coefficient (Wildman–Crippen LogP) is 6.79. The lowest BCUT2D eigenvalue weighted by atomic mass is 10.0. The summed E-state index contributed by atoms with van der Waals surface area (Å²) in [5.41, 5.74) is 8.22. The first-order valence-electron chi connectivity index (χ1n) is 12.9. The molecule has 1 heterocycles. The van der Waals surface area contributed by atoms with Crippen LogP contribution in [0.2, 0.25) is 0 Å². The van der Waals surface area contributed by atoms with Crippen LogP contribution >= 0.6 is 0 Å². The van der Waals surface area contributed by atoms with Crippen molar-refractivity contribution in [2.75, 3.05) is 12.4 Å². The molecular formula is C33H32N2O3. The third-order valence-corrected chi connectivity index (χ3v) is 7.15. The van der Waals surface area contributed by atoms with Crippen molar-refractivity contribution in [3.05, 3.63) is 114 Å². The molecule has 0 aromatic heterocycles. The van der Waals surface area contributed by atoms with Crippen LogP contribution in [-0.4, -0.2) is 29.9 Å². The van der Waals surface area contributed by atoms with Crippen molar-refractivity contribution >= 4 is 17.6 Å². The molecule has 5 nitrogen and oxygen atoms in total. The molecule has 0 radical (unpaired) electrons. The Morgan fingerprint density at radius 1 is 0.737 bits per heavy atom. The summed E-state index contributed by atoms with van der Waals surface area (Å²) in [6.45, 7) is 5.56. The van der Waals surface area contributed by atoms with E-state index in [-0.39, 0.29) is 23.8 Å². The number of fused-ring (bicyclic) bond motifs is 1. The lowest BCUT2D eigenvalue weighted by molar-refractivity contribution is -0.149. The highest BCUT2D eigenvalue weighted by atomic mass is 16.5. The number of methoxy groups -OCH3 is 1. The van der Waals surface area contributed by atoms with E-state index in [1.807, 2.05) is 66.7 Å². The Bertz CT molecular complexity index is 1430. The van der Waals surface area contributed by atoms with Crippen LogP contribution in [0, 0.1) is 5.92 Å². The maximum Gasteiger partial charge on any atom is 0.323 e. The average Bonchev–Trinajstić information content (AvgIpc) is 3.36. The number of hydrogen-bond donors (Lipinski definition) is 1. The number of nitrogens with zero attached hydrogens (tertiary/aromatic N) is 1. The van der Waals surface area contributed by atoms with E-state index in [4.69, 9.17) is 4.74 Å². The lowest BCUT2D eigenvalue weighted by Gasteiger charge is -2.28. The highest BCUT2D eigenvalue weighted by molar-refractivity contribution is 6.04. The molecule has 5 rings (SSSR count).